The van der Waals surface area contributed by atoms with E-state index in [1.54, 1.807) is 11.2 Å². The molecular formula is C19H29N5O4S. The summed E-state index contributed by atoms with van der Waals surface area (Å²) in [6.45, 7) is 5.20. The molecule has 4 aliphatic heterocycles. The number of piperidine rings is 1. The lowest BCUT2D eigenvalue weighted by atomic mass is 9.95. The van der Waals surface area contributed by atoms with Crippen molar-refractivity contribution in [3.05, 3.63) is 29.3 Å². The average Bonchev–Trinajstić information content (AvgIpc) is 3.34. The third kappa shape index (κ3) is 3.67. The van der Waals surface area contributed by atoms with Crippen molar-refractivity contribution in [2.45, 2.75) is 44.7 Å². The van der Waals surface area contributed by atoms with Crippen molar-refractivity contribution in [2.24, 2.45) is 5.92 Å². The van der Waals surface area contributed by atoms with E-state index in [1.165, 1.54) is 11.3 Å². The summed E-state index contributed by atoms with van der Waals surface area (Å²) in [5.74, 6) is 0.503. The second-order valence-corrected chi connectivity index (χ2v) is 10.4. The van der Waals surface area contributed by atoms with Crippen LogP contribution in [0.1, 0.15) is 37.1 Å². The maximum absolute atomic E-state index is 12.1. The van der Waals surface area contributed by atoms with Crippen molar-refractivity contribution in [1.29, 1.82) is 0 Å². The number of sulfonamides is 1. The Hall–Kier alpha value is -1.27. The van der Waals surface area contributed by atoms with Crippen LogP contribution >= 0.6 is 0 Å². The Morgan fingerprint density at radius 2 is 2.00 bits per heavy atom. The molecule has 0 aromatic heterocycles. The standard InChI is InChI=1S/C19H29N5O4S/c1-2-29(25,26)23-7-5-13(6-8-23)18-21-19(28-22-18)14-3-4-15-10-20-24(17(15)9-14)16-11-27-12-16/h3-4,9,13,16,18-22H,2,5-8,10-12H2,1H3. The summed E-state index contributed by atoms with van der Waals surface area (Å²) < 4.78 is 31.1. The number of fused-ring (bicyclic) bond motifs is 1. The fraction of sp³-hybridized carbons (Fsp3) is 0.684. The number of nitrogens with one attached hydrogen (secondary N) is 3. The van der Waals surface area contributed by atoms with Crippen molar-refractivity contribution in [3.8, 4) is 0 Å². The number of anilines is 1. The molecule has 2 atom stereocenters. The van der Waals surface area contributed by atoms with E-state index in [1.807, 2.05) is 0 Å². The minimum atomic E-state index is -3.10. The van der Waals surface area contributed by atoms with Gasteiger partial charge in [-0.05, 0) is 42.9 Å². The number of hydrazine groups is 1. The molecule has 0 amide bonds. The van der Waals surface area contributed by atoms with E-state index in [4.69, 9.17) is 9.57 Å². The number of hydroxylamine groups is 1. The predicted molar refractivity (Wildman–Crippen MR) is 108 cm³/mol. The van der Waals surface area contributed by atoms with Crippen LogP contribution in [0, 0.1) is 5.92 Å². The molecule has 0 saturated carbocycles. The summed E-state index contributed by atoms with van der Waals surface area (Å²) >= 11 is 0. The first kappa shape index (κ1) is 19.7. The number of ether oxygens (including phenoxy) is 1. The van der Waals surface area contributed by atoms with Gasteiger partial charge in [-0.3, -0.25) is 10.2 Å². The second-order valence-electron chi connectivity index (χ2n) is 8.18. The zero-order valence-electron chi connectivity index (χ0n) is 16.6. The van der Waals surface area contributed by atoms with E-state index in [0.29, 0.717) is 25.0 Å². The van der Waals surface area contributed by atoms with E-state index >= 15 is 0 Å². The number of hydrogen-bond acceptors (Lipinski definition) is 8. The van der Waals surface area contributed by atoms with Gasteiger partial charge in [0, 0.05) is 19.6 Å². The lowest BCUT2D eigenvalue weighted by Gasteiger charge is -2.36. The number of rotatable bonds is 5. The molecule has 0 spiro atoms. The van der Waals surface area contributed by atoms with Crippen molar-refractivity contribution in [2.75, 3.05) is 37.1 Å². The summed E-state index contributed by atoms with van der Waals surface area (Å²) in [5, 5.41) is 5.76. The highest BCUT2D eigenvalue weighted by Gasteiger charge is 2.37. The Bertz CT molecular complexity index is 854. The Kier molecular flexibility index (Phi) is 5.27. The maximum Gasteiger partial charge on any atom is 0.213 e. The van der Waals surface area contributed by atoms with Crippen LogP contribution in [0.25, 0.3) is 0 Å². The van der Waals surface area contributed by atoms with Gasteiger partial charge in [0.05, 0.1) is 36.9 Å². The lowest BCUT2D eigenvalue weighted by molar-refractivity contribution is 0.00471. The fourth-order valence-corrected chi connectivity index (χ4v) is 5.64. The Morgan fingerprint density at radius 3 is 2.69 bits per heavy atom. The third-order valence-corrected chi connectivity index (χ3v) is 8.35. The Morgan fingerprint density at radius 1 is 1.21 bits per heavy atom. The maximum atomic E-state index is 12.1. The quantitative estimate of drug-likeness (QED) is 0.627. The van der Waals surface area contributed by atoms with Crippen LogP contribution in [-0.4, -0.2) is 57.0 Å². The molecule has 5 rings (SSSR count). The first-order valence-electron chi connectivity index (χ1n) is 10.4. The molecule has 0 aliphatic carbocycles. The van der Waals surface area contributed by atoms with Gasteiger partial charge in [-0.15, -0.1) is 0 Å². The molecule has 0 bridgehead atoms. The molecular weight excluding hydrogens is 394 g/mol. The molecule has 1 aromatic rings. The van der Waals surface area contributed by atoms with Crippen LogP contribution in [0.3, 0.4) is 0 Å². The second kappa shape index (κ2) is 7.77. The Balaban J connectivity index is 1.22. The highest BCUT2D eigenvalue weighted by atomic mass is 32.2. The monoisotopic (exact) mass is 423 g/mol. The van der Waals surface area contributed by atoms with Crippen LogP contribution in [-0.2, 0) is 26.1 Å². The minimum absolute atomic E-state index is 0.0222. The molecule has 29 heavy (non-hydrogen) atoms. The number of benzene rings is 1. The number of hydrogen-bond donors (Lipinski definition) is 3. The first-order valence-corrected chi connectivity index (χ1v) is 12.0. The van der Waals surface area contributed by atoms with Gasteiger partial charge in [0.2, 0.25) is 10.0 Å². The molecule has 4 aliphatic rings. The van der Waals surface area contributed by atoms with Crippen molar-refractivity contribution < 1.29 is 18.0 Å². The van der Waals surface area contributed by atoms with E-state index < -0.39 is 10.0 Å². The molecule has 3 fully saturated rings. The molecule has 4 heterocycles. The smallest absolute Gasteiger partial charge is 0.213 e. The van der Waals surface area contributed by atoms with Crippen molar-refractivity contribution in [1.82, 2.24) is 20.5 Å². The van der Waals surface area contributed by atoms with Gasteiger partial charge in [-0.25, -0.2) is 18.1 Å². The molecule has 9 nitrogen and oxygen atoms in total. The SMILES string of the molecule is CCS(=O)(=O)N1CCC(C2NOC(c3ccc4c(c3)N(C3COC3)NC4)N2)CC1. The first-order chi connectivity index (χ1) is 14.0. The molecule has 3 saturated heterocycles. The lowest BCUT2D eigenvalue weighted by Crippen LogP contribution is -2.53. The van der Waals surface area contributed by atoms with E-state index in [0.717, 1.165) is 38.2 Å². The summed E-state index contributed by atoms with van der Waals surface area (Å²) in [4.78, 5) is 5.86. The summed E-state index contributed by atoms with van der Waals surface area (Å²) in [7, 11) is -3.10. The average molecular weight is 424 g/mol. The fourth-order valence-electron chi connectivity index (χ4n) is 4.51. The van der Waals surface area contributed by atoms with Gasteiger partial charge in [0.15, 0.2) is 6.23 Å². The summed E-state index contributed by atoms with van der Waals surface area (Å²) in [6.07, 6.45) is 1.45. The van der Waals surface area contributed by atoms with Gasteiger partial charge in [0.25, 0.3) is 0 Å². The van der Waals surface area contributed by atoms with Gasteiger partial charge < -0.3 is 9.75 Å². The van der Waals surface area contributed by atoms with Crippen LogP contribution in [0.2, 0.25) is 0 Å². The van der Waals surface area contributed by atoms with Crippen molar-refractivity contribution >= 4 is 15.7 Å². The van der Waals surface area contributed by atoms with Gasteiger partial charge in [0.1, 0.15) is 0 Å². The van der Waals surface area contributed by atoms with E-state index in [9.17, 15) is 8.42 Å². The molecule has 160 valence electrons. The van der Waals surface area contributed by atoms with Gasteiger partial charge >= 0.3 is 0 Å². The largest absolute Gasteiger partial charge is 0.377 e. The van der Waals surface area contributed by atoms with Crippen LogP contribution in [0.15, 0.2) is 18.2 Å². The van der Waals surface area contributed by atoms with Gasteiger partial charge in [-0.1, -0.05) is 12.1 Å². The molecule has 1 aromatic carbocycles. The van der Waals surface area contributed by atoms with E-state index in [-0.39, 0.29) is 18.1 Å². The highest BCUT2D eigenvalue weighted by molar-refractivity contribution is 7.89. The molecule has 0 radical (unpaired) electrons. The topological polar surface area (TPSA) is 95.2 Å². The third-order valence-electron chi connectivity index (χ3n) is 6.47. The molecule has 2 unspecified atom stereocenters. The minimum Gasteiger partial charge on any atom is -0.377 e. The Labute approximate surface area is 171 Å². The van der Waals surface area contributed by atoms with Gasteiger partial charge in [-0.2, -0.15) is 5.48 Å². The zero-order valence-corrected chi connectivity index (χ0v) is 17.5. The number of nitrogens with zero attached hydrogens (tertiary/aromatic N) is 2. The predicted octanol–water partition coefficient (Wildman–Crippen LogP) is 0.421. The summed E-state index contributed by atoms with van der Waals surface area (Å²) in [5.41, 5.74) is 10.1. The molecule has 10 heteroatoms. The highest BCUT2D eigenvalue weighted by Crippen LogP contribution is 2.33. The molecule has 3 N–H and O–H groups in total. The zero-order chi connectivity index (χ0) is 20.0. The van der Waals surface area contributed by atoms with Crippen molar-refractivity contribution in [3.63, 3.8) is 0 Å². The van der Waals surface area contributed by atoms with Crippen LogP contribution < -0.4 is 21.2 Å². The van der Waals surface area contributed by atoms with E-state index in [2.05, 4.69) is 39.4 Å². The van der Waals surface area contributed by atoms with Crippen LogP contribution in [0.4, 0.5) is 5.69 Å². The normalized spacial score (nSPS) is 29.2. The van der Waals surface area contributed by atoms with Crippen LogP contribution in [0.5, 0.6) is 0 Å². The summed E-state index contributed by atoms with van der Waals surface area (Å²) in [6, 6.07) is 6.84.